The van der Waals surface area contributed by atoms with Crippen molar-refractivity contribution in [1.82, 2.24) is 5.32 Å². The molecule has 0 aliphatic carbocycles. The second-order valence-electron chi connectivity index (χ2n) is 4.80. The Hall–Kier alpha value is -0.890. The average Bonchev–Trinajstić information content (AvgIpc) is 2.22. The van der Waals surface area contributed by atoms with Gasteiger partial charge in [0, 0.05) is 6.54 Å². The van der Waals surface area contributed by atoms with Gasteiger partial charge in [-0.2, -0.15) is 0 Å². The fourth-order valence-corrected chi connectivity index (χ4v) is 1.68. The Bertz CT molecular complexity index is 321. The normalized spacial score (nSPS) is 11.1. The third-order valence-corrected chi connectivity index (χ3v) is 2.69. The first kappa shape index (κ1) is 13.2. The number of hydrogen-bond acceptors (Lipinski definition) is 1. The van der Waals surface area contributed by atoms with E-state index in [-0.39, 0.29) is 5.82 Å². The zero-order chi connectivity index (χ0) is 12.0. The van der Waals surface area contributed by atoms with Crippen LogP contribution in [0.5, 0.6) is 0 Å². The van der Waals surface area contributed by atoms with E-state index in [9.17, 15) is 4.39 Å². The van der Waals surface area contributed by atoms with Gasteiger partial charge in [0.15, 0.2) is 0 Å². The van der Waals surface area contributed by atoms with Crippen LogP contribution in [0, 0.1) is 18.7 Å². The van der Waals surface area contributed by atoms with E-state index in [0.717, 1.165) is 30.1 Å². The molecule has 1 N–H and O–H groups in total. The lowest BCUT2D eigenvalue weighted by Gasteiger charge is -2.07. The molecule has 90 valence electrons. The molecule has 0 aliphatic rings. The summed E-state index contributed by atoms with van der Waals surface area (Å²) < 4.78 is 13.0. The highest BCUT2D eigenvalue weighted by Gasteiger charge is 1.99. The van der Waals surface area contributed by atoms with E-state index in [2.05, 4.69) is 19.2 Å². The topological polar surface area (TPSA) is 12.0 Å². The van der Waals surface area contributed by atoms with Gasteiger partial charge in [0.1, 0.15) is 5.82 Å². The molecule has 0 bridgehead atoms. The molecule has 0 spiro atoms. The maximum atomic E-state index is 13.0. The highest BCUT2D eigenvalue weighted by Crippen LogP contribution is 2.09. The van der Waals surface area contributed by atoms with Crippen molar-refractivity contribution in [3.05, 3.63) is 35.1 Å². The van der Waals surface area contributed by atoms with E-state index in [4.69, 9.17) is 0 Å². The molecule has 1 nitrogen and oxygen atoms in total. The van der Waals surface area contributed by atoms with E-state index < -0.39 is 0 Å². The molecule has 0 radical (unpaired) electrons. The minimum absolute atomic E-state index is 0.122. The van der Waals surface area contributed by atoms with Gasteiger partial charge in [-0.15, -0.1) is 0 Å². The van der Waals surface area contributed by atoms with Gasteiger partial charge in [0.2, 0.25) is 0 Å². The van der Waals surface area contributed by atoms with E-state index in [0.29, 0.717) is 0 Å². The van der Waals surface area contributed by atoms with E-state index in [1.54, 1.807) is 13.0 Å². The number of rotatable bonds is 6. The van der Waals surface area contributed by atoms with Crippen molar-refractivity contribution in [2.45, 2.75) is 40.2 Å². The van der Waals surface area contributed by atoms with Crippen LogP contribution in [0.1, 0.15) is 37.8 Å². The van der Waals surface area contributed by atoms with Crippen molar-refractivity contribution >= 4 is 0 Å². The number of nitrogens with one attached hydrogen (secondary N) is 1. The van der Waals surface area contributed by atoms with Crippen molar-refractivity contribution in [2.75, 3.05) is 6.54 Å². The quantitative estimate of drug-likeness (QED) is 0.726. The summed E-state index contributed by atoms with van der Waals surface area (Å²) in [4.78, 5) is 0. The first-order valence-electron chi connectivity index (χ1n) is 6.05. The minimum Gasteiger partial charge on any atom is -0.313 e. The lowest BCUT2D eigenvalue weighted by atomic mass is 10.1. The zero-order valence-corrected chi connectivity index (χ0v) is 10.5. The Morgan fingerprint density at radius 1 is 1.31 bits per heavy atom. The Kier molecular flexibility index (Phi) is 5.47. The highest BCUT2D eigenvalue weighted by molar-refractivity contribution is 5.23. The molecule has 0 heterocycles. The van der Waals surface area contributed by atoms with Crippen LogP contribution in [0.3, 0.4) is 0 Å². The summed E-state index contributed by atoms with van der Waals surface area (Å²) in [5.41, 5.74) is 1.88. The first-order chi connectivity index (χ1) is 7.59. The summed E-state index contributed by atoms with van der Waals surface area (Å²) >= 11 is 0. The molecule has 0 saturated carbocycles. The molecule has 1 aromatic rings. The second-order valence-corrected chi connectivity index (χ2v) is 4.80. The molecule has 0 unspecified atom stereocenters. The third-order valence-electron chi connectivity index (χ3n) is 2.69. The lowest BCUT2D eigenvalue weighted by molar-refractivity contribution is 0.527. The fourth-order valence-electron chi connectivity index (χ4n) is 1.68. The molecule has 0 aromatic heterocycles. The van der Waals surface area contributed by atoms with Crippen LogP contribution in [0.4, 0.5) is 4.39 Å². The molecule has 0 fully saturated rings. The summed E-state index contributed by atoms with van der Waals surface area (Å²) in [5.74, 6) is 0.651. The summed E-state index contributed by atoms with van der Waals surface area (Å²) in [7, 11) is 0. The standard InChI is InChI=1S/C14H22FN/c1-11(2)5-4-8-16-10-13-6-7-14(15)12(3)9-13/h6-7,9,11,16H,4-5,8,10H2,1-3H3. The van der Waals surface area contributed by atoms with Gasteiger partial charge >= 0.3 is 0 Å². The Balaban J connectivity index is 2.24. The van der Waals surface area contributed by atoms with Crippen LogP contribution in [-0.2, 0) is 6.54 Å². The van der Waals surface area contributed by atoms with E-state index in [1.165, 1.54) is 12.8 Å². The second kappa shape index (κ2) is 6.64. The SMILES string of the molecule is Cc1cc(CNCCCC(C)C)ccc1F. The molecule has 0 saturated heterocycles. The number of halogens is 1. The lowest BCUT2D eigenvalue weighted by Crippen LogP contribution is -2.15. The predicted octanol–water partition coefficient (Wildman–Crippen LogP) is 3.66. The molecular weight excluding hydrogens is 201 g/mol. The van der Waals surface area contributed by atoms with Gasteiger partial charge in [0.25, 0.3) is 0 Å². The third kappa shape index (κ3) is 4.75. The number of benzene rings is 1. The average molecular weight is 223 g/mol. The summed E-state index contributed by atoms with van der Waals surface area (Å²) in [5, 5.41) is 3.38. The molecule has 16 heavy (non-hydrogen) atoms. The van der Waals surface area contributed by atoms with Crippen molar-refractivity contribution < 1.29 is 4.39 Å². The molecule has 1 aromatic carbocycles. The molecule has 1 rings (SSSR count). The largest absolute Gasteiger partial charge is 0.313 e. The van der Waals surface area contributed by atoms with Crippen molar-refractivity contribution in [3.63, 3.8) is 0 Å². The van der Waals surface area contributed by atoms with Crippen LogP contribution in [0.15, 0.2) is 18.2 Å². The van der Waals surface area contributed by atoms with Crippen LogP contribution < -0.4 is 5.32 Å². The Labute approximate surface area is 98.1 Å². The van der Waals surface area contributed by atoms with Crippen LogP contribution in [0.2, 0.25) is 0 Å². The summed E-state index contributed by atoms with van der Waals surface area (Å²) in [6, 6.07) is 5.29. The molecule has 2 heteroatoms. The van der Waals surface area contributed by atoms with Gasteiger partial charge < -0.3 is 5.32 Å². The van der Waals surface area contributed by atoms with Gasteiger partial charge in [-0.3, -0.25) is 0 Å². The van der Waals surface area contributed by atoms with Gasteiger partial charge in [-0.1, -0.05) is 26.0 Å². The minimum atomic E-state index is -0.122. The highest BCUT2D eigenvalue weighted by atomic mass is 19.1. The van der Waals surface area contributed by atoms with Crippen molar-refractivity contribution in [1.29, 1.82) is 0 Å². The van der Waals surface area contributed by atoms with Crippen molar-refractivity contribution in [2.24, 2.45) is 5.92 Å². The Morgan fingerprint density at radius 3 is 2.69 bits per heavy atom. The Morgan fingerprint density at radius 2 is 2.06 bits per heavy atom. The maximum absolute atomic E-state index is 13.0. The smallest absolute Gasteiger partial charge is 0.126 e. The summed E-state index contributed by atoms with van der Waals surface area (Å²) in [6.45, 7) is 8.15. The predicted molar refractivity (Wildman–Crippen MR) is 66.9 cm³/mol. The fraction of sp³-hybridized carbons (Fsp3) is 0.571. The van der Waals surface area contributed by atoms with Crippen LogP contribution >= 0.6 is 0 Å². The molecule has 0 amide bonds. The monoisotopic (exact) mass is 223 g/mol. The number of aryl methyl sites for hydroxylation is 1. The zero-order valence-electron chi connectivity index (χ0n) is 10.5. The van der Waals surface area contributed by atoms with Crippen LogP contribution in [-0.4, -0.2) is 6.54 Å². The van der Waals surface area contributed by atoms with Crippen LogP contribution in [0.25, 0.3) is 0 Å². The summed E-state index contributed by atoms with van der Waals surface area (Å²) in [6.07, 6.45) is 2.47. The van der Waals surface area contributed by atoms with E-state index in [1.807, 2.05) is 12.1 Å². The molecular formula is C14H22FN. The number of hydrogen-bond donors (Lipinski definition) is 1. The van der Waals surface area contributed by atoms with E-state index >= 15 is 0 Å². The maximum Gasteiger partial charge on any atom is 0.126 e. The molecule has 0 atom stereocenters. The van der Waals surface area contributed by atoms with Gasteiger partial charge in [0.05, 0.1) is 0 Å². The van der Waals surface area contributed by atoms with Gasteiger partial charge in [-0.25, -0.2) is 4.39 Å². The van der Waals surface area contributed by atoms with Crippen molar-refractivity contribution in [3.8, 4) is 0 Å². The molecule has 0 aliphatic heterocycles. The van der Waals surface area contributed by atoms with Gasteiger partial charge in [-0.05, 0) is 49.4 Å². The first-order valence-corrected chi connectivity index (χ1v) is 6.05.